The van der Waals surface area contributed by atoms with Crippen LogP contribution in [0, 0.1) is 30.1 Å². The van der Waals surface area contributed by atoms with Crippen LogP contribution in [0.3, 0.4) is 0 Å². The van der Waals surface area contributed by atoms with Crippen LogP contribution < -0.4 is 10.5 Å². The third-order valence-electron chi connectivity index (χ3n) is 6.75. The van der Waals surface area contributed by atoms with E-state index in [4.69, 9.17) is 12.2 Å². The van der Waals surface area contributed by atoms with Crippen LogP contribution in [0.2, 0.25) is 0 Å². The maximum atomic E-state index is 13.4. The quantitative estimate of drug-likeness (QED) is 0.440. The van der Waals surface area contributed by atoms with Crippen LogP contribution >= 0.6 is 24.0 Å². The minimum Gasteiger partial charge on any atom is -0.357 e. The van der Waals surface area contributed by atoms with Crippen molar-refractivity contribution < 1.29 is 4.79 Å². The highest BCUT2D eigenvalue weighted by Crippen LogP contribution is 2.37. The normalized spacial score (nSPS) is 21.6. The number of piperidine rings is 1. The standard InChI is InChI=1S/C27H30N4O2S2/c1-17-12-18(2)16-30(15-17)24-21(19(3)22(14-28)25(32)29(24)4)13-23-26(33)31(27(34)35-23)11-10-20-8-6-5-7-9-20/h5-9,13,17-18H,10-12,15-16H2,1-4H3. The van der Waals surface area contributed by atoms with E-state index in [9.17, 15) is 14.9 Å². The van der Waals surface area contributed by atoms with Crippen LogP contribution in [0.4, 0.5) is 5.82 Å². The van der Waals surface area contributed by atoms with Crippen molar-refractivity contribution in [2.45, 2.75) is 33.6 Å². The Bertz CT molecular complexity index is 1280. The lowest BCUT2D eigenvalue weighted by Gasteiger charge is -2.38. The predicted molar refractivity (Wildman–Crippen MR) is 146 cm³/mol. The molecule has 8 heteroatoms. The third kappa shape index (κ3) is 5.07. The Morgan fingerprint density at radius 2 is 1.83 bits per heavy atom. The van der Waals surface area contributed by atoms with Crippen molar-refractivity contribution in [3.05, 3.63) is 67.8 Å². The molecule has 1 amide bonds. The molecule has 1 aromatic carbocycles. The Labute approximate surface area is 216 Å². The average molecular weight is 507 g/mol. The van der Waals surface area contributed by atoms with Crippen molar-refractivity contribution in [1.82, 2.24) is 9.47 Å². The second kappa shape index (κ2) is 10.4. The number of rotatable bonds is 5. The van der Waals surface area contributed by atoms with Gasteiger partial charge in [0.2, 0.25) is 0 Å². The van der Waals surface area contributed by atoms with Crippen LogP contribution in [0.25, 0.3) is 6.08 Å². The van der Waals surface area contributed by atoms with Gasteiger partial charge in [-0.05, 0) is 48.8 Å². The van der Waals surface area contributed by atoms with Gasteiger partial charge in [-0.1, -0.05) is 68.2 Å². The van der Waals surface area contributed by atoms with Crippen molar-refractivity contribution in [2.24, 2.45) is 18.9 Å². The molecular weight excluding hydrogens is 476 g/mol. The molecule has 0 radical (unpaired) electrons. The van der Waals surface area contributed by atoms with Crippen molar-refractivity contribution in [3.8, 4) is 6.07 Å². The summed E-state index contributed by atoms with van der Waals surface area (Å²) >= 11 is 6.83. The van der Waals surface area contributed by atoms with Gasteiger partial charge < -0.3 is 4.90 Å². The molecule has 2 atom stereocenters. The number of carbonyl (C=O) groups excluding carboxylic acids is 1. The minimum atomic E-state index is -0.307. The third-order valence-corrected chi connectivity index (χ3v) is 8.13. The highest BCUT2D eigenvalue weighted by Gasteiger charge is 2.33. The fraction of sp³-hybridized carbons (Fsp3) is 0.407. The number of hydrogen-bond acceptors (Lipinski definition) is 6. The fourth-order valence-corrected chi connectivity index (χ4v) is 6.43. The Morgan fingerprint density at radius 1 is 1.17 bits per heavy atom. The van der Waals surface area contributed by atoms with Crippen molar-refractivity contribution in [3.63, 3.8) is 0 Å². The molecule has 35 heavy (non-hydrogen) atoms. The van der Waals surface area contributed by atoms with Crippen molar-refractivity contribution in [2.75, 3.05) is 24.5 Å². The molecule has 1 aromatic heterocycles. The van der Waals surface area contributed by atoms with E-state index in [0.29, 0.717) is 39.6 Å². The van der Waals surface area contributed by atoms with Gasteiger partial charge in [0.25, 0.3) is 11.5 Å². The molecule has 3 heterocycles. The Balaban J connectivity index is 1.73. The Hall–Kier alpha value is -2.89. The second-order valence-corrected chi connectivity index (χ2v) is 11.3. The maximum Gasteiger partial charge on any atom is 0.270 e. The van der Waals surface area contributed by atoms with Crippen molar-refractivity contribution >= 4 is 46.1 Å². The predicted octanol–water partition coefficient (Wildman–Crippen LogP) is 4.49. The number of thioether (sulfide) groups is 1. The maximum absolute atomic E-state index is 13.4. The number of hydrogen-bond donors (Lipinski definition) is 0. The Morgan fingerprint density at radius 3 is 2.46 bits per heavy atom. The van der Waals surface area contributed by atoms with Crippen LogP contribution in [0.1, 0.15) is 42.5 Å². The van der Waals surface area contributed by atoms with E-state index in [1.165, 1.54) is 11.8 Å². The van der Waals surface area contributed by atoms with E-state index >= 15 is 0 Å². The van der Waals surface area contributed by atoms with Crippen LogP contribution in [-0.4, -0.2) is 39.3 Å². The molecule has 0 bridgehead atoms. The van der Waals surface area contributed by atoms with E-state index < -0.39 is 0 Å². The molecule has 182 valence electrons. The monoisotopic (exact) mass is 506 g/mol. The molecular formula is C27H30N4O2S2. The van der Waals surface area contributed by atoms with E-state index in [1.807, 2.05) is 36.4 Å². The molecule has 6 nitrogen and oxygen atoms in total. The first-order chi connectivity index (χ1) is 16.7. The molecule has 4 rings (SSSR count). The summed E-state index contributed by atoms with van der Waals surface area (Å²) in [6.45, 7) is 8.38. The summed E-state index contributed by atoms with van der Waals surface area (Å²) in [5.41, 5.74) is 2.30. The number of aromatic nitrogens is 1. The van der Waals surface area contributed by atoms with Crippen LogP contribution in [-0.2, 0) is 18.3 Å². The summed E-state index contributed by atoms with van der Waals surface area (Å²) < 4.78 is 2.10. The number of carbonyl (C=O) groups is 1. The van der Waals surface area contributed by atoms with Gasteiger partial charge in [-0.2, -0.15) is 5.26 Å². The summed E-state index contributed by atoms with van der Waals surface area (Å²) in [6.07, 6.45) is 3.68. The second-order valence-electron chi connectivity index (χ2n) is 9.63. The van der Waals surface area contributed by atoms with Gasteiger partial charge in [-0.25, -0.2) is 0 Å². The number of benzene rings is 1. The van der Waals surface area contributed by atoms with Crippen LogP contribution in [0.5, 0.6) is 0 Å². The molecule has 0 aliphatic carbocycles. The number of amides is 1. The van der Waals surface area contributed by atoms with Gasteiger partial charge in [0.1, 0.15) is 21.8 Å². The van der Waals surface area contributed by atoms with Crippen molar-refractivity contribution in [1.29, 1.82) is 5.26 Å². The van der Waals surface area contributed by atoms with Gasteiger partial charge in [-0.15, -0.1) is 0 Å². The highest BCUT2D eigenvalue weighted by molar-refractivity contribution is 8.26. The minimum absolute atomic E-state index is 0.111. The molecule has 0 spiro atoms. The molecule has 2 aliphatic rings. The zero-order valence-electron chi connectivity index (χ0n) is 20.6. The van der Waals surface area contributed by atoms with Crippen LogP contribution in [0.15, 0.2) is 40.0 Å². The largest absolute Gasteiger partial charge is 0.357 e. The van der Waals surface area contributed by atoms with E-state index in [1.54, 1.807) is 23.4 Å². The lowest BCUT2D eigenvalue weighted by Crippen LogP contribution is -2.42. The molecule has 0 N–H and O–H groups in total. The summed E-state index contributed by atoms with van der Waals surface area (Å²) in [4.78, 5) is 30.8. The smallest absolute Gasteiger partial charge is 0.270 e. The van der Waals surface area contributed by atoms with E-state index in [-0.39, 0.29) is 17.0 Å². The van der Waals surface area contributed by atoms with Gasteiger partial charge >= 0.3 is 0 Å². The molecule has 2 unspecified atom stereocenters. The number of thiocarbonyl (C=S) groups is 1. The molecule has 2 fully saturated rings. The number of anilines is 1. The van der Waals surface area contributed by atoms with Gasteiger partial charge in [-0.3, -0.25) is 19.1 Å². The first-order valence-corrected chi connectivity index (χ1v) is 13.1. The molecule has 2 aliphatic heterocycles. The summed E-state index contributed by atoms with van der Waals surface area (Å²) in [5, 5.41) is 9.71. The summed E-state index contributed by atoms with van der Waals surface area (Å²) in [7, 11) is 1.71. The topological polar surface area (TPSA) is 69.3 Å². The van der Waals surface area contributed by atoms with E-state index in [0.717, 1.165) is 36.5 Å². The highest BCUT2D eigenvalue weighted by atomic mass is 32.2. The zero-order chi connectivity index (χ0) is 25.3. The Kier molecular flexibility index (Phi) is 7.48. The van der Waals surface area contributed by atoms with Gasteiger partial charge in [0.05, 0.1) is 4.91 Å². The fourth-order valence-electron chi connectivity index (χ4n) is 5.14. The van der Waals surface area contributed by atoms with Gasteiger partial charge in [0, 0.05) is 32.2 Å². The number of nitriles is 1. The average Bonchev–Trinajstić information content (AvgIpc) is 3.08. The molecule has 2 saturated heterocycles. The first kappa shape index (κ1) is 25.2. The lowest BCUT2D eigenvalue weighted by atomic mass is 9.91. The van der Waals surface area contributed by atoms with E-state index in [2.05, 4.69) is 24.8 Å². The molecule has 0 saturated carbocycles. The number of nitrogens with zero attached hydrogens (tertiary/aromatic N) is 4. The first-order valence-electron chi connectivity index (χ1n) is 11.9. The SMILES string of the molecule is Cc1c(C=C2SC(=S)N(CCc3ccccc3)C2=O)c(N2CC(C)CC(C)C2)n(C)c(=O)c1C#N. The summed E-state index contributed by atoms with van der Waals surface area (Å²) in [6, 6.07) is 12.1. The summed E-state index contributed by atoms with van der Waals surface area (Å²) in [5.74, 6) is 1.59. The molecule has 2 aromatic rings. The van der Waals surface area contributed by atoms with Gasteiger partial charge in [0.15, 0.2) is 0 Å². The lowest BCUT2D eigenvalue weighted by molar-refractivity contribution is -0.122. The number of pyridine rings is 1. The zero-order valence-corrected chi connectivity index (χ0v) is 22.2.